The van der Waals surface area contributed by atoms with Gasteiger partial charge in [-0.25, -0.2) is 9.78 Å². The third-order valence-electron chi connectivity index (χ3n) is 4.10. The van der Waals surface area contributed by atoms with Gasteiger partial charge in [-0.1, -0.05) is 29.3 Å². The van der Waals surface area contributed by atoms with Crippen LogP contribution in [0.1, 0.15) is 32.2 Å². The van der Waals surface area contributed by atoms with Crippen molar-refractivity contribution < 1.29 is 14.3 Å². The fraction of sp³-hybridized carbons (Fsp3) is 0.150. The van der Waals surface area contributed by atoms with Gasteiger partial charge < -0.3 is 9.30 Å². The predicted octanol–water partition coefficient (Wildman–Crippen LogP) is 4.84. The highest BCUT2D eigenvalue weighted by atomic mass is 35.5. The Hall–Kier alpha value is -2.63. The predicted molar refractivity (Wildman–Crippen MR) is 104 cm³/mol. The largest absolute Gasteiger partial charge is 0.453 e. The Labute approximate surface area is 166 Å². The van der Waals surface area contributed by atoms with Crippen LogP contribution in [0.2, 0.25) is 10.0 Å². The molecule has 3 aromatic rings. The van der Waals surface area contributed by atoms with Crippen LogP contribution in [0.25, 0.3) is 5.69 Å². The Morgan fingerprint density at radius 3 is 2.52 bits per heavy atom. The van der Waals surface area contributed by atoms with E-state index in [1.165, 1.54) is 12.3 Å². The van der Waals surface area contributed by atoms with Crippen molar-refractivity contribution in [1.29, 1.82) is 0 Å². The first-order chi connectivity index (χ1) is 12.9. The van der Waals surface area contributed by atoms with E-state index in [0.29, 0.717) is 15.6 Å². The maximum absolute atomic E-state index is 12.6. The molecule has 0 amide bonds. The highest BCUT2D eigenvalue weighted by molar-refractivity contribution is 6.42. The lowest BCUT2D eigenvalue weighted by atomic mass is 10.1. The van der Waals surface area contributed by atoms with Gasteiger partial charge >= 0.3 is 5.97 Å². The van der Waals surface area contributed by atoms with Crippen LogP contribution in [-0.2, 0) is 4.74 Å². The fourth-order valence-corrected chi connectivity index (χ4v) is 3.13. The number of carbonyl (C=O) groups is 2. The number of rotatable bonds is 5. The number of hydrogen-bond acceptors (Lipinski definition) is 4. The van der Waals surface area contributed by atoms with Gasteiger partial charge in [0, 0.05) is 28.8 Å². The zero-order valence-corrected chi connectivity index (χ0v) is 16.2. The van der Waals surface area contributed by atoms with Crippen molar-refractivity contribution in [2.75, 3.05) is 6.61 Å². The highest BCUT2D eigenvalue weighted by Crippen LogP contribution is 2.27. The molecule has 0 saturated carbocycles. The number of ketones is 1. The van der Waals surface area contributed by atoms with E-state index in [1.54, 1.807) is 30.3 Å². The number of halogens is 2. The normalized spacial score (nSPS) is 10.7. The molecular weight excluding hydrogens is 387 g/mol. The number of aromatic nitrogens is 2. The minimum Gasteiger partial charge on any atom is -0.453 e. The number of aryl methyl sites for hydroxylation is 1. The first-order valence-corrected chi connectivity index (χ1v) is 8.90. The topological polar surface area (TPSA) is 61.2 Å². The number of Topliss-reactive ketones (excluding diaryl/α,β-unsaturated/α-hetero) is 1. The lowest BCUT2D eigenvalue weighted by Crippen LogP contribution is -2.15. The molecule has 0 aliphatic carbocycles. The number of ether oxygens (including phenoxy) is 1. The molecule has 138 valence electrons. The quantitative estimate of drug-likeness (QED) is 0.452. The van der Waals surface area contributed by atoms with Crippen LogP contribution in [0.5, 0.6) is 0 Å². The highest BCUT2D eigenvalue weighted by Gasteiger charge is 2.19. The number of esters is 1. The number of nitrogens with zero attached hydrogens (tertiary/aromatic N) is 2. The maximum atomic E-state index is 12.6. The van der Waals surface area contributed by atoms with Crippen LogP contribution in [-0.4, -0.2) is 27.9 Å². The Morgan fingerprint density at radius 1 is 1.07 bits per heavy atom. The van der Waals surface area contributed by atoms with Crippen molar-refractivity contribution in [2.24, 2.45) is 0 Å². The molecule has 7 heteroatoms. The first-order valence-electron chi connectivity index (χ1n) is 8.14. The van der Waals surface area contributed by atoms with Gasteiger partial charge in [0.2, 0.25) is 5.78 Å². The summed E-state index contributed by atoms with van der Waals surface area (Å²) in [5.41, 5.74) is 3.01. The van der Waals surface area contributed by atoms with Gasteiger partial charge in [0.05, 0.1) is 10.0 Å². The van der Waals surface area contributed by atoms with Crippen molar-refractivity contribution in [3.05, 3.63) is 81.4 Å². The zero-order valence-electron chi connectivity index (χ0n) is 14.7. The van der Waals surface area contributed by atoms with Crippen LogP contribution in [0.15, 0.2) is 48.7 Å². The Bertz CT molecular complexity index is 1010. The summed E-state index contributed by atoms with van der Waals surface area (Å²) in [5.74, 6) is -0.930. The van der Waals surface area contributed by atoms with Crippen LogP contribution in [0, 0.1) is 13.8 Å². The molecule has 0 atom stereocenters. The summed E-state index contributed by atoms with van der Waals surface area (Å²) in [6.07, 6.45) is 1.49. The molecule has 0 fully saturated rings. The van der Waals surface area contributed by atoms with E-state index in [9.17, 15) is 9.59 Å². The molecule has 27 heavy (non-hydrogen) atoms. The van der Waals surface area contributed by atoms with Gasteiger partial charge in [-0.2, -0.15) is 0 Å². The summed E-state index contributed by atoms with van der Waals surface area (Å²) in [5, 5.41) is 0.888. The monoisotopic (exact) mass is 402 g/mol. The van der Waals surface area contributed by atoms with Crippen molar-refractivity contribution in [2.45, 2.75) is 13.8 Å². The number of pyridine rings is 1. The number of benzene rings is 1. The number of hydrogen-bond donors (Lipinski definition) is 0. The van der Waals surface area contributed by atoms with Crippen molar-refractivity contribution in [3.8, 4) is 5.69 Å². The molecule has 1 aromatic carbocycles. The van der Waals surface area contributed by atoms with Gasteiger partial charge in [-0.15, -0.1) is 0 Å². The van der Waals surface area contributed by atoms with E-state index in [2.05, 4.69) is 4.98 Å². The summed E-state index contributed by atoms with van der Waals surface area (Å²) < 4.78 is 6.99. The molecule has 5 nitrogen and oxygen atoms in total. The average molecular weight is 403 g/mol. The molecule has 0 spiro atoms. The minimum absolute atomic E-state index is 0.159. The van der Waals surface area contributed by atoms with Gasteiger partial charge in [0.1, 0.15) is 5.69 Å². The lowest BCUT2D eigenvalue weighted by Gasteiger charge is -2.11. The summed E-state index contributed by atoms with van der Waals surface area (Å²) in [7, 11) is 0. The molecule has 2 aromatic heterocycles. The zero-order chi connectivity index (χ0) is 19.6. The molecular formula is C20H16Cl2N2O3. The van der Waals surface area contributed by atoms with Gasteiger partial charge in [-0.05, 0) is 50.2 Å². The Morgan fingerprint density at radius 2 is 1.85 bits per heavy atom. The second kappa shape index (κ2) is 7.94. The molecule has 0 unspecified atom stereocenters. The SMILES string of the molecule is Cc1cc(C(=O)COC(=O)c2ccccn2)c(C)n1-c1ccc(Cl)c(Cl)c1. The molecule has 0 radical (unpaired) electrons. The number of carbonyl (C=O) groups excluding carboxylic acids is 2. The van der Waals surface area contributed by atoms with Crippen molar-refractivity contribution in [1.82, 2.24) is 9.55 Å². The minimum atomic E-state index is -0.637. The van der Waals surface area contributed by atoms with Crippen LogP contribution < -0.4 is 0 Å². The third-order valence-corrected chi connectivity index (χ3v) is 4.84. The second-order valence-electron chi connectivity index (χ2n) is 5.93. The summed E-state index contributed by atoms with van der Waals surface area (Å²) in [4.78, 5) is 28.4. The average Bonchev–Trinajstić information content (AvgIpc) is 2.97. The van der Waals surface area contributed by atoms with E-state index in [4.69, 9.17) is 27.9 Å². The smallest absolute Gasteiger partial charge is 0.357 e. The second-order valence-corrected chi connectivity index (χ2v) is 6.75. The molecule has 0 aliphatic rings. The third kappa shape index (κ3) is 4.04. The fourth-order valence-electron chi connectivity index (χ4n) is 2.83. The van der Waals surface area contributed by atoms with E-state index in [-0.39, 0.29) is 18.1 Å². The standard InChI is InChI=1S/C20H16Cl2N2O3/c1-12-9-15(13(2)24(12)14-6-7-16(21)17(22)10-14)19(25)11-27-20(26)18-5-3-4-8-23-18/h3-10H,11H2,1-2H3. The van der Waals surface area contributed by atoms with E-state index >= 15 is 0 Å². The maximum Gasteiger partial charge on any atom is 0.357 e. The van der Waals surface area contributed by atoms with Crippen LogP contribution in [0.4, 0.5) is 0 Å². The summed E-state index contributed by atoms with van der Waals surface area (Å²) in [6, 6.07) is 11.9. The van der Waals surface area contributed by atoms with Crippen LogP contribution >= 0.6 is 23.2 Å². The van der Waals surface area contributed by atoms with E-state index in [0.717, 1.165) is 17.1 Å². The molecule has 0 saturated heterocycles. The Kier molecular flexibility index (Phi) is 5.63. The Balaban J connectivity index is 1.80. The summed E-state index contributed by atoms with van der Waals surface area (Å²) >= 11 is 12.1. The molecule has 3 rings (SSSR count). The van der Waals surface area contributed by atoms with Crippen LogP contribution in [0.3, 0.4) is 0 Å². The van der Waals surface area contributed by atoms with Crippen molar-refractivity contribution >= 4 is 35.0 Å². The van der Waals surface area contributed by atoms with Gasteiger partial charge in [-0.3, -0.25) is 4.79 Å². The first kappa shape index (κ1) is 19.1. The molecule has 0 bridgehead atoms. The van der Waals surface area contributed by atoms with Crippen molar-refractivity contribution in [3.63, 3.8) is 0 Å². The molecule has 0 aliphatic heterocycles. The van der Waals surface area contributed by atoms with Gasteiger partial charge in [0.15, 0.2) is 6.61 Å². The summed E-state index contributed by atoms with van der Waals surface area (Å²) in [6.45, 7) is 3.34. The molecule has 2 heterocycles. The van der Waals surface area contributed by atoms with Gasteiger partial charge in [0.25, 0.3) is 0 Å². The molecule has 0 N–H and O–H groups in total. The van der Waals surface area contributed by atoms with E-state index < -0.39 is 5.97 Å². The lowest BCUT2D eigenvalue weighted by molar-refractivity contribution is 0.0468. The van der Waals surface area contributed by atoms with E-state index in [1.807, 2.05) is 24.5 Å².